The summed E-state index contributed by atoms with van der Waals surface area (Å²) in [4.78, 5) is 9.42. The molecule has 2 aromatic rings. The third kappa shape index (κ3) is 6.30. The van der Waals surface area contributed by atoms with Crippen molar-refractivity contribution in [3.63, 3.8) is 0 Å². The molecule has 1 aromatic carbocycles. The van der Waals surface area contributed by atoms with Gasteiger partial charge >= 0.3 is 0 Å². The van der Waals surface area contributed by atoms with Crippen molar-refractivity contribution in [1.29, 1.82) is 0 Å². The van der Waals surface area contributed by atoms with E-state index in [9.17, 15) is 4.39 Å². The van der Waals surface area contributed by atoms with E-state index >= 15 is 0 Å². The average Bonchev–Trinajstić information content (AvgIpc) is 3.26. The Bertz CT molecular complexity index is 857. The van der Waals surface area contributed by atoms with Crippen LogP contribution in [0.5, 0.6) is 5.75 Å². The van der Waals surface area contributed by atoms with E-state index in [0.717, 1.165) is 67.8 Å². The van der Waals surface area contributed by atoms with E-state index in [0.29, 0.717) is 19.6 Å². The van der Waals surface area contributed by atoms with Crippen LogP contribution < -0.4 is 10.1 Å². The van der Waals surface area contributed by atoms with Crippen LogP contribution in [-0.4, -0.2) is 67.0 Å². The van der Waals surface area contributed by atoms with Gasteiger partial charge in [-0.25, -0.2) is 4.39 Å². The predicted octanol–water partition coefficient (Wildman–Crippen LogP) is 2.62. The fraction of sp³-hybridized carbons (Fsp3) is 0.524. The Hall–Kier alpha value is -1.92. The second-order valence-corrected chi connectivity index (χ2v) is 7.40. The number of guanidine groups is 1. The number of aromatic nitrogens is 1. The lowest BCUT2D eigenvalue weighted by atomic mass is 10.1. The lowest BCUT2D eigenvalue weighted by Gasteiger charge is -2.36. The Morgan fingerprint density at radius 1 is 1.26 bits per heavy atom. The van der Waals surface area contributed by atoms with Crippen molar-refractivity contribution in [3.8, 4) is 5.75 Å². The van der Waals surface area contributed by atoms with Gasteiger partial charge in [-0.3, -0.25) is 9.89 Å². The van der Waals surface area contributed by atoms with Crippen molar-refractivity contribution in [2.75, 3.05) is 46.1 Å². The van der Waals surface area contributed by atoms with Crippen LogP contribution in [0.2, 0.25) is 0 Å². The van der Waals surface area contributed by atoms with Crippen molar-refractivity contribution in [2.45, 2.75) is 26.5 Å². The monoisotopic (exact) mass is 545 g/mol. The maximum absolute atomic E-state index is 13.9. The first-order chi connectivity index (χ1) is 14.7. The zero-order valence-electron chi connectivity index (χ0n) is 17.7. The molecule has 0 spiro atoms. The molecule has 2 aliphatic rings. The Balaban J connectivity index is 0.00000272. The number of rotatable bonds is 6. The number of piperazine rings is 1. The zero-order valence-corrected chi connectivity index (χ0v) is 20.0. The summed E-state index contributed by atoms with van der Waals surface area (Å²) in [5.74, 6) is 1.37. The molecule has 170 valence electrons. The molecule has 0 amide bonds. The Kier molecular flexibility index (Phi) is 8.90. The molecular formula is C21H29FIN5O3. The molecule has 10 heteroatoms. The first-order valence-electron chi connectivity index (χ1n) is 10.4. The van der Waals surface area contributed by atoms with E-state index in [1.54, 1.807) is 6.26 Å². The van der Waals surface area contributed by atoms with E-state index in [-0.39, 0.29) is 36.6 Å². The number of halogens is 2. The Morgan fingerprint density at radius 2 is 2.10 bits per heavy atom. The fourth-order valence-electron chi connectivity index (χ4n) is 3.82. The van der Waals surface area contributed by atoms with Crippen molar-refractivity contribution in [3.05, 3.63) is 47.1 Å². The molecule has 0 bridgehead atoms. The second-order valence-electron chi connectivity index (χ2n) is 7.40. The van der Waals surface area contributed by atoms with Gasteiger partial charge in [-0.1, -0.05) is 5.16 Å². The van der Waals surface area contributed by atoms with Gasteiger partial charge in [0.05, 0.1) is 12.3 Å². The largest absolute Gasteiger partial charge is 0.467 e. The second kappa shape index (κ2) is 11.6. The molecule has 1 N–H and O–H groups in total. The summed E-state index contributed by atoms with van der Waals surface area (Å²) < 4.78 is 29.7. The lowest BCUT2D eigenvalue weighted by Crippen LogP contribution is -2.52. The van der Waals surface area contributed by atoms with Gasteiger partial charge in [-0.15, -0.1) is 24.0 Å². The van der Waals surface area contributed by atoms with Crippen LogP contribution in [0.25, 0.3) is 0 Å². The highest BCUT2D eigenvalue weighted by atomic mass is 127. The van der Waals surface area contributed by atoms with Crippen molar-refractivity contribution in [2.24, 2.45) is 4.99 Å². The Morgan fingerprint density at radius 3 is 2.84 bits per heavy atom. The molecule has 0 unspecified atom stereocenters. The Labute approximate surface area is 198 Å². The minimum atomic E-state index is -0.267. The highest BCUT2D eigenvalue weighted by Gasteiger charge is 2.21. The van der Waals surface area contributed by atoms with Gasteiger partial charge in [-0.05, 0) is 31.0 Å². The fourth-order valence-corrected chi connectivity index (χ4v) is 3.82. The smallest absolute Gasteiger partial charge is 0.194 e. The summed E-state index contributed by atoms with van der Waals surface area (Å²) in [6.07, 6.45) is 2.22. The summed E-state index contributed by atoms with van der Waals surface area (Å²) >= 11 is 0. The molecule has 0 saturated carbocycles. The molecule has 0 radical (unpaired) electrons. The summed E-state index contributed by atoms with van der Waals surface area (Å²) in [6, 6.07) is 4.91. The van der Waals surface area contributed by atoms with Gasteiger partial charge in [-0.2, -0.15) is 0 Å². The molecule has 31 heavy (non-hydrogen) atoms. The van der Waals surface area contributed by atoms with Crippen LogP contribution in [0.4, 0.5) is 4.39 Å². The first kappa shape index (κ1) is 23.7. The van der Waals surface area contributed by atoms with Crippen molar-refractivity contribution < 1.29 is 18.4 Å². The van der Waals surface area contributed by atoms with E-state index in [4.69, 9.17) is 19.0 Å². The van der Waals surface area contributed by atoms with Crippen LogP contribution >= 0.6 is 24.0 Å². The summed E-state index contributed by atoms with van der Waals surface area (Å²) in [5, 5.41) is 7.37. The van der Waals surface area contributed by atoms with Gasteiger partial charge in [0.1, 0.15) is 17.8 Å². The van der Waals surface area contributed by atoms with Gasteiger partial charge in [0, 0.05) is 57.4 Å². The minimum Gasteiger partial charge on any atom is -0.467 e. The zero-order chi connectivity index (χ0) is 20.8. The third-order valence-corrected chi connectivity index (χ3v) is 5.28. The van der Waals surface area contributed by atoms with E-state index in [1.165, 1.54) is 12.1 Å². The maximum atomic E-state index is 13.9. The highest BCUT2D eigenvalue weighted by Crippen LogP contribution is 2.29. The van der Waals surface area contributed by atoms with E-state index in [1.807, 2.05) is 6.07 Å². The van der Waals surface area contributed by atoms with Crippen LogP contribution in [0.1, 0.15) is 23.7 Å². The highest BCUT2D eigenvalue weighted by molar-refractivity contribution is 14.0. The standard InChI is InChI=1S/C21H28FN5O3.HI/c1-2-23-21(27-8-6-26(7-9-27)13-19-4-10-30-25-19)24-5-3-16-11-18(22)12-17-14-28-15-29-20(16)17;/h4,10-12H,2-3,5-9,13-15H2,1H3,(H,23,24);1H. The molecule has 1 aromatic heterocycles. The molecule has 3 heterocycles. The summed E-state index contributed by atoms with van der Waals surface area (Å²) in [6.45, 7) is 8.44. The maximum Gasteiger partial charge on any atom is 0.194 e. The van der Waals surface area contributed by atoms with Gasteiger partial charge in [0.2, 0.25) is 0 Å². The molecule has 8 nitrogen and oxygen atoms in total. The van der Waals surface area contributed by atoms with E-state index in [2.05, 4.69) is 27.2 Å². The lowest BCUT2D eigenvalue weighted by molar-refractivity contribution is -0.0172. The molecule has 4 rings (SSSR count). The van der Waals surface area contributed by atoms with Crippen LogP contribution in [0.3, 0.4) is 0 Å². The number of ether oxygens (including phenoxy) is 2. The first-order valence-corrected chi connectivity index (χ1v) is 10.4. The van der Waals surface area contributed by atoms with Gasteiger partial charge in [0.15, 0.2) is 12.8 Å². The normalized spacial score (nSPS) is 17.0. The van der Waals surface area contributed by atoms with Gasteiger partial charge in [0.25, 0.3) is 0 Å². The molecule has 0 atom stereocenters. The molecular weight excluding hydrogens is 516 g/mol. The van der Waals surface area contributed by atoms with Crippen LogP contribution in [0, 0.1) is 5.82 Å². The van der Waals surface area contributed by atoms with Crippen LogP contribution in [-0.2, 0) is 24.3 Å². The number of aliphatic imine (C=N–C) groups is 1. The topological polar surface area (TPSA) is 75.4 Å². The number of fused-ring (bicyclic) bond motifs is 1. The summed E-state index contributed by atoms with van der Waals surface area (Å²) in [5.41, 5.74) is 2.55. The number of hydrogen-bond donors (Lipinski definition) is 1. The number of nitrogens with one attached hydrogen (secondary N) is 1. The molecule has 1 saturated heterocycles. The molecule has 2 aliphatic heterocycles. The number of benzene rings is 1. The average molecular weight is 545 g/mol. The molecule has 1 fully saturated rings. The third-order valence-electron chi connectivity index (χ3n) is 5.28. The molecule has 0 aliphatic carbocycles. The van der Waals surface area contributed by atoms with Crippen LogP contribution in [0.15, 0.2) is 34.0 Å². The van der Waals surface area contributed by atoms with Crippen molar-refractivity contribution >= 4 is 29.9 Å². The predicted molar refractivity (Wildman–Crippen MR) is 125 cm³/mol. The summed E-state index contributed by atoms with van der Waals surface area (Å²) in [7, 11) is 0. The number of hydrogen-bond acceptors (Lipinski definition) is 6. The number of nitrogens with zero attached hydrogens (tertiary/aromatic N) is 4. The minimum absolute atomic E-state index is 0. The SMILES string of the molecule is CCNC(=NCCc1cc(F)cc2c1OCOC2)N1CCN(Cc2ccon2)CC1.I. The van der Waals surface area contributed by atoms with Gasteiger partial charge < -0.3 is 24.2 Å². The van der Waals surface area contributed by atoms with Crippen molar-refractivity contribution in [1.82, 2.24) is 20.3 Å². The quantitative estimate of drug-likeness (QED) is 0.340. The van der Waals surface area contributed by atoms with E-state index < -0.39 is 0 Å².